The maximum absolute atomic E-state index is 11.8. The predicted molar refractivity (Wildman–Crippen MR) is 75.2 cm³/mol. The molecule has 0 bridgehead atoms. The molecule has 6 nitrogen and oxygen atoms in total. The number of nitrogens with zero attached hydrogens (tertiary/aromatic N) is 1. The highest BCUT2D eigenvalue weighted by Crippen LogP contribution is 2.24. The van der Waals surface area contributed by atoms with Gasteiger partial charge in [0.05, 0.1) is 19.8 Å². The number of hydrogen-bond donors (Lipinski definition) is 2. The summed E-state index contributed by atoms with van der Waals surface area (Å²) in [7, 11) is 0. The summed E-state index contributed by atoms with van der Waals surface area (Å²) in [6.45, 7) is 4.95. The molecule has 0 spiro atoms. The quantitative estimate of drug-likeness (QED) is 0.705. The zero-order chi connectivity index (χ0) is 14.2. The van der Waals surface area contributed by atoms with Crippen LogP contribution in [0.2, 0.25) is 0 Å². The van der Waals surface area contributed by atoms with Crippen molar-refractivity contribution in [1.29, 1.82) is 0 Å². The highest BCUT2D eigenvalue weighted by atomic mass is 16.5. The summed E-state index contributed by atoms with van der Waals surface area (Å²) in [6, 6.07) is 0. The Morgan fingerprint density at radius 3 is 2.50 bits per heavy atom. The van der Waals surface area contributed by atoms with Gasteiger partial charge in [0.1, 0.15) is 0 Å². The van der Waals surface area contributed by atoms with Crippen molar-refractivity contribution < 1.29 is 14.3 Å². The first-order valence-corrected chi connectivity index (χ1v) is 7.60. The molecular weight excluding hydrogens is 258 g/mol. The van der Waals surface area contributed by atoms with Crippen LogP contribution in [0.4, 0.5) is 0 Å². The summed E-state index contributed by atoms with van der Waals surface area (Å²) in [6.07, 6.45) is 4.18. The van der Waals surface area contributed by atoms with Crippen LogP contribution in [0, 0.1) is 5.92 Å². The number of rotatable bonds is 6. The van der Waals surface area contributed by atoms with Gasteiger partial charge in [-0.25, -0.2) is 0 Å². The highest BCUT2D eigenvalue weighted by Gasteiger charge is 2.22. The third-order valence-electron chi connectivity index (χ3n) is 4.00. The fourth-order valence-corrected chi connectivity index (χ4v) is 2.74. The van der Waals surface area contributed by atoms with Crippen LogP contribution in [0.5, 0.6) is 0 Å². The number of hydrogen-bond acceptors (Lipinski definition) is 4. The molecule has 1 aliphatic heterocycles. The minimum absolute atomic E-state index is 0.0332. The Balaban J connectivity index is 1.52. The molecule has 0 unspecified atom stereocenters. The minimum atomic E-state index is -0.107. The van der Waals surface area contributed by atoms with Crippen molar-refractivity contribution in [2.75, 3.05) is 45.9 Å². The summed E-state index contributed by atoms with van der Waals surface area (Å²) in [5.74, 6) is 0.0478. The van der Waals surface area contributed by atoms with E-state index in [1.165, 1.54) is 0 Å². The fourth-order valence-electron chi connectivity index (χ4n) is 2.74. The van der Waals surface area contributed by atoms with E-state index in [4.69, 9.17) is 4.74 Å². The molecule has 114 valence electrons. The van der Waals surface area contributed by atoms with Gasteiger partial charge < -0.3 is 15.4 Å². The molecule has 1 aliphatic carbocycles. The average Bonchev–Trinajstić information content (AvgIpc) is 3.00. The van der Waals surface area contributed by atoms with Gasteiger partial charge in [0.15, 0.2) is 0 Å². The van der Waals surface area contributed by atoms with E-state index in [9.17, 15) is 9.59 Å². The van der Waals surface area contributed by atoms with Crippen LogP contribution in [0.25, 0.3) is 0 Å². The molecule has 0 aromatic carbocycles. The lowest BCUT2D eigenvalue weighted by molar-refractivity contribution is -0.128. The van der Waals surface area contributed by atoms with Crippen molar-refractivity contribution in [3.63, 3.8) is 0 Å². The summed E-state index contributed by atoms with van der Waals surface area (Å²) in [4.78, 5) is 25.7. The van der Waals surface area contributed by atoms with Crippen molar-refractivity contribution in [2.24, 2.45) is 5.92 Å². The second-order valence-electron chi connectivity index (χ2n) is 5.50. The Labute approximate surface area is 120 Å². The molecule has 1 heterocycles. The Kier molecular flexibility index (Phi) is 6.26. The van der Waals surface area contributed by atoms with Gasteiger partial charge in [-0.2, -0.15) is 0 Å². The molecule has 0 aromatic heterocycles. The number of amides is 2. The Hall–Kier alpha value is -1.14. The van der Waals surface area contributed by atoms with E-state index in [2.05, 4.69) is 15.5 Å². The van der Waals surface area contributed by atoms with Crippen molar-refractivity contribution in [3.8, 4) is 0 Å². The van der Waals surface area contributed by atoms with Crippen LogP contribution in [0.15, 0.2) is 0 Å². The second-order valence-corrected chi connectivity index (χ2v) is 5.50. The van der Waals surface area contributed by atoms with Crippen molar-refractivity contribution in [1.82, 2.24) is 15.5 Å². The molecule has 1 saturated heterocycles. The average molecular weight is 283 g/mol. The van der Waals surface area contributed by atoms with E-state index < -0.39 is 0 Å². The monoisotopic (exact) mass is 283 g/mol. The van der Waals surface area contributed by atoms with Gasteiger partial charge in [-0.05, 0) is 12.8 Å². The highest BCUT2D eigenvalue weighted by molar-refractivity contribution is 5.85. The SMILES string of the molecule is O=C(CNC(=O)C1CCCC1)NCCN1CCOCC1. The van der Waals surface area contributed by atoms with Gasteiger partial charge in [0.2, 0.25) is 11.8 Å². The Morgan fingerprint density at radius 1 is 1.10 bits per heavy atom. The van der Waals surface area contributed by atoms with E-state index in [1.807, 2.05) is 0 Å². The zero-order valence-electron chi connectivity index (χ0n) is 12.0. The van der Waals surface area contributed by atoms with E-state index in [0.717, 1.165) is 58.5 Å². The summed E-state index contributed by atoms with van der Waals surface area (Å²) in [5, 5.41) is 5.57. The van der Waals surface area contributed by atoms with Gasteiger partial charge in [0, 0.05) is 32.1 Å². The molecule has 2 rings (SSSR count). The molecule has 2 fully saturated rings. The van der Waals surface area contributed by atoms with Gasteiger partial charge >= 0.3 is 0 Å². The van der Waals surface area contributed by atoms with Gasteiger partial charge in [-0.3, -0.25) is 14.5 Å². The molecule has 2 N–H and O–H groups in total. The maximum Gasteiger partial charge on any atom is 0.239 e. The molecule has 2 aliphatic rings. The molecule has 1 saturated carbocycles. The van der Waals surface area contributed by atoms with Crippen LogP contribution < -0.4 is 10.6 Å². The molecule has 0 atom stereocenters. The van der Waals surface area contributed by atoms with Crippen molar-refractivity contribution in [2.45, 2.75) is 25.7 Å². The lowest BCUT2D eigenvalue weighted by Gasteiger charge is -2.26. The summed E-state index contributed by atoms with van der Waals surface area (Å²) < 4.78 is 5.26. The van der Waals surface area contributed by atoms with E-state index >= 15 is 0 Å². The first-order valence-electron chi connectivity index (χ1n) is 7.60. The van der Waals surface area contributed by atoms with Crippen LogP contribution >= 0.6 is 0 Å². The molecular formula is C14H25N3O3. The third kappa shape index (κ3) is 5.09. The lowest BCUT2D eigenvalue weighted by Crippen LogP contribution is -2.44. The number of carbonyl (C=O) groups excluding carboxylic acids is 2. The third-order valence-corrected chi connectivity index (χ3v) is 4.00. The van der Waals surface area contributed by atoms with Crippen LogP contribution in [-0.4, -0.2) is 62.7 Å². The van der Waals surface area contributed by atoms with Gasteiger partial charge in [-0.1, -0.05) is 12.8 Å². The van der Waals surface area contributed by atoms with Crippen LogP contribution in [0.1, 0.15) is 25.7 Å². The summed E-state index contributed by atoms with van der Waals surface area (Å²) in [5.41, 5.74) is 0. The van der Waals surface area contributed by atoms with Crippen LogP contribution in [0.3, 0.4) is 0 Å². The molecule has 0 aromatic rings. The molecule has 6 heteroatoms. The smallest absolute Gasteiger partial charge is 0.239 e. The minimum Gasteiger partial charge on any atom is -0.379 e. The van der Waals surface area contributed by atoms with Crippen LogP contribution in [-0.2, 0) is 14.3 Å². The van der Waals surface area contributed by atoms with E-state index in [-0.39, 0.29) is 24.3 Å². The van der Waals surface area contributed by atoms with Gasteiger partial charge in [-0.15, -0.1) is 0 Å². The number of carbonyl (C=O) groups is 2. The first kappa shape index (κ1) is 15.3. The standard InChI is InChI=1S/C14H25N3O3/c18-13(11-16-14(19)12-3-1-2-4-12)15-5-6-17-7-9-20-10-8-17/h12H,1-11H2,(H,15,18)(H,16,19). The van der Waals surface area contributed by atoms with Crippen molar-refractivity contribution in [3.05, 3.63) is 0 Å². The molecule has 2 amide bonds. The van der Waals surface area contributed by atoms with Crippen molar-refractivity contribution >= 4 is 11.8 Å². The maximum atomic E-state index is 11.8. The largest absolute Gasteiger partial charge is 0.379 e. The zero-order valence-corrected chi connectivity index (χ0v) is 12.0. The fraction of sp³-hybridized carbons (Fsp3) is 0.857. The van der Waals surface area contributed by atoms with E-state index in [0.29, 0.717) is 6.54 Å². The van der Waals surface area contributed by atoms with Gasteiger partial charge in [0.25, 0.3) is 0 Å². The molecule has 0 radical (unpaired) electrons. The molecule has 20 heavy (non-hydrogen) atoms. The topological polar surface area (TPSA) is 70.7 Å². The Morgan fingerprint density at radius 2 is 1.80 bits per heavy atom. The van der Waals surface area contributed by atoms with E-state index in [1.54, 1.807) is 0 Å². The number of ether oxygens (including phenoxy) is 1. The summed E-state index contributed by atoms with van der Waals surface area (Å²) >= 11 is 0. The number of morpholine rings is 1. The Bertz CT molecular complexity index is 324. The first-order chi connectivity index (χ1) is 9.75. The normalized spacial score (nSPS) is 20.8. The second kappa shape index (κ2) is 8.21. The lowest BCUT2D eigenvalue weighted by atomic mass is 10.1. The number of nitrogens with one attached hydrogen (secondary N) is 2. The predicted octanol–water partition coefficient (Wildman–Crippen LogP) is -0.259.